The first-order valence-electron chi connectivity index (χ1n) is 9.56. The molecule has 0 radical (unpaired) electrons. The third-order valence-electron chi connectivity index (χ3n) is 4.92. The number of benzene rings is 2. The lowest BCUT2D eigenvalue weighted by atomic mass is 9.95. The largest absolute Gasteiger partial charge is 0.378 e. The van der Waals surface area contributed by atoms with Crippen LogP contribution in [-0.4, -0.2) is 33.1 Å². The quantitative estimate of drug-likeness (QED) is 0.748. The summed E-state index contributed by atoms with van der Waals surface area (Å²) in [6, 6.07) is 11.2. The number of carbonyl (C=O) groups excluding carboxylic acids is 1. The number of amides is 1. The molecule has 1 aliphatic rings. The highest BCUT2D eigenvalue weighted by Gasteiger charge is 2.26. The van der Waals surface area contributed by atoms with Gasteiger partial charge in [-0.05, 0) is 49.1 Å². The molecule has 156 valence electrons. The fourth-order valence-corrected chi connectivity index (χ4v) is 4.36. The average Bonchev–Trinajstić information content (AvgIpc) is 2.70. The van der Waals surface area contributed by atoms with Gasteiger partial charge in [0.2, 0.25) is 0 Å². The number of sulfonamides is 1. The van der Waals surface area contributed by atoms with Crippen molar-refractivity contribution in [3.63, 3.8) is 0 Å². The van der Waals surface area contributed by atoms with Gasteiger partial charge in [-0.25, -0.2) is 12.8 Å². The molecule has 2 aromatic carbocycles. The van der Waals surface area contributed by atoms with E-state index in [4.69, 9.17) is 4.74 Å². The molecule has 8 heteroatoms. The van der Waals surface area contributed by atoms with E-state index in [2.05, 4.69) is 23.9 Å². The third kappa shape index (κ3) is 5.33. The molecule has 2 aromatic rings. The Labute approximate surface area is 170 Å². The van der Waals surface area contributed by atoms with Crippen LogP contribution in [0.2, 0.25) is 0 Å². The molecule has 29 heavy (non-hydrogen) atoms. The number of anilines is 1. The summed E-state index contributed by atoms with van der Waals surface area (Å²) in [6.45, 7) is 4.73. The molecule has 0 saturated carbocycles. The Morgan fingerprint density at radius 2 is 1.93 bits per heavy atom. The molecule has 3 rings (SSSR count). The van der Waals surface area contributed by atoms with Crippen LogP contribution in [0.15, 0.2) is 53.4 Å². The summed E-state index contributed by atoms with van der Waals surface area (Å²) in [7, 11) is -4.03. The first kappa shape index (κ1) is 21.3. The molecule has 1 amide bonds. The number of hydrogen-bond donors (Lipinski definition) is 2. The number of ether oxygens (including phenoxy) is 1. The molecule has 1 heterocycles. The highest BCUT2D eigenvalue weighted by molar-refractivity contribution is 7.92. The fourth-order valence-electron chi connectivity index (χ4n) is 3.24. The van der Waals surface area contributed by atoms with Crippen molar-refractivity contribution < 1.29 is 22.3 Å². The second-order valence-electron chi connectivity index (χ2n) is 7.46. The van der Waals surface area contributed by atoms with Crippen LogP contribution < -0.4 is 10.0 Å². The first-order chi connectivity index (χ1) is 13.8. The summed E-state index contributed by atoms with van der Waals surface area (Å²) < 4.78 is 46.9. The Balaban J connectivity index is 1.73. The number of hydrogen-bond acceptors (Lipinski definition) is 4. The molecule has 6 nitrogen and oxygen atoms in total. The average molecular weight is 421 g/mol. The lowest BCUT2D eigenvalue weighted by molar-refractivity contribution is -0.0233. The van der Waals surface area contributed by atoms with Crippen LogP contribution in [0.25, 0.3) is 0 Å². The molecule has 0 aromatic heterocycles. The minimum atomic E-state index is -4.03. The second kappa shape index (κ2) is 8.92. The normalized spacial score (nSPS) is 19.7. The van der Waals surface area contributed by atoms with Gasteiger partial charge in [-0.2, -0.15) is 0 Å². The Morgan fingerprint density at radius 1 is 1.17 bits per heavy atom. The first-order valence-corrected chi connectivity index (χ1v) is 11.0. The summed E-state index contributed by atoms with van der Waals surface area (Å²) in [6.07, 6.45) is 1.52. The van der Waals surface area contributed by atoms with Gasteiger partial charge in [-0.3, -0.25) is 9.52 Å². The molecular weight excluding hydrogens is 395 g/mol. The number of para-hydroxylation sites is 1. The van der Waals surface area contributed by atoms with Crippen LogP contribution in [0.5, 0.6) is 0 Å². The number of nitrogens with one attached hydrogen (secondary N) is 2. The van der Waals surface area contributed by atoms with Crippen molar-refractivity contribution in [3.8, 4) is 0 Å². The number of halogens is 1. The maximum absolute atomic E-state index is 13.8. The van der Waals surface area contributed by atoms with Gasteiger partial charge in [0, 0.05) is 18.2 Å². The van der Waals surface area contributed by atoms with Crippen molar-refractivity contribution >= 4 is 21.6 Å². The molecule has 1 aliphatic heterocycles. The highest BCUT2D eigenvalue weighted by atomic mass is 32.2. The van der Waals surface area contributed by atoms with Gasteiger partial charge in [-0.1, -0.05) is 32.0 Å². The van der Waals surface area contributed by atoms with Crippen molar-refractivity contribution in [1.29, 1.82) is 0 Å². The van der Waals surface area contributed by atoms with Crippen molar-refractivity contribution in [3.05, 3.63) is 59.9 Å². The van der Waals surface area contributed by atoms with E-state index >= 15 is 0 Å². The van der Waals surface area contributed by atoms with Crippen molar-refractivity contribution in [2.24, 2.45) is 5.92 Å². The third-order valence-corrected chi connectivity index (χ3v) is 6.28. The topological polar surface area (TPSA) is 84.5 Å². The SMILES string of the molecule is CC(C)[C@@H]1C[C@@H](NC(=O)c2cccc(S(=O)(=O)Nc3ccccc3F)c2)CCO1. The summed E-state index contributed by atoms with van der Waals surface area (Å²) in [4.78, 5) is 12.5. The van der Waals surface area contributed by atoms with E-state index in [1.54, 1.807) is 6.07 Å². The molecular formula is C21H25FN2O4S. The van der Waals surface area contributed by atoms with E-state index in [9.17, 15) is 17.6 Å². The summed E-state index contributed by atoms with van der Waals surface area (Å²) in [5.74, 6) is -0.667. The summed E-state index contributed by atoms with van der Waals surface area (Å²) >= 11 is 0. The standard InChI is InChI=1S/C21H25FN2O4S/c1-14(2)20-13-16(10-11-28-20)23-21(25)15-6-5-7-17(12-15)29(26,27)24-19-9-4-3-8-18(19)22/h3-9,12,14,16,20,24H,10-11,13H2,1-2H3,(H,23,25)/t16-,20-/m0/s1. The second-order valence-corrected chi connectivity index (χ2v) is 9.14. The zero-order chi connectivity index (χ0) is 21.0. The highest BCUT2D eigenvalue weighted by Crippen LogP contribution is 2.22. The zero-order valence-electron chi connectivity index (χ0n) is 16.4. The van der Waals surface area contributed by atoms with Crippen LogP contribution in [0.4, 0.5) is 10.1 Å². The Kier molecular flexibility index (Phi) is 6.54. The van der Waals surface area contributed by atoms with Crippen molar-refractivity contribution in [2.45, 2.75) is 43.7 Å². The zero-order valence-corrected chi connectivity index (χ0v) is 17.2. The molecule has 2 atom stereocenters. The number of carbonyl (C=O) groups is 1. The van der Waals surface area contributed by atoms with Crippen LogP contribution in [-0.2, 0) is 14.8 Å². The van der Waals surface area contributed by atoms with Crippen LogP contribution in [0.1, 0.15) is 37.0 Å². The number of rotatable bonds is 6. The van der Waals surface area contributed by atoms with E-state index in [0.29, 0.717) is 18.9 Å². The maximum Gasteiger partial charge on any atom is 0.262 e. The van der Waals surface area contributed by atoms with Crippen LogP contribution in [0.3, 0.4) is 0 Å². The van der Waals surface area contributed by atoms with E-state index in [1.165, 1.54) is 42.5 Å². The molecule has 0 bridgehead atoms. The van der Waals surface area contributed by atoms with Gasteiger partial charge in [0.15, 0.2) is 0 Å². The molecule has 0 unspecified atom stereocenters. The summed E-state index contributed by atoms with van der Waals surface area (Å²) in [5, 5.41) is 2.96. The van der Waals surface area contributed by atoms with Crippen LogP contribution in [0, 0.1) is 11.7 Å². The van der Waals surface area contributed by atoms with Gasteiger partial charge in [0.1, 0.15) is 5.82 Å². The lowest BCUT2D eigenvalue weighted by Gasteiger charge is -2.32. The van der Waals surface area contributed by atoms with Gasteiger partial charge < -0.3 is 10.1 Å². The van der Waals surface area contributed by atoms with Gasteiger partial charge in [0.25, 0.3) is 15.9 Å². The molecule has 2 N–H and O–H groups in total. The molecule has 0 spiro atoms. The van der Waals surface area contributed by atoms with E-state index in [-0.39, 0.29) is 34.2 Å². The lowest BCUT2D eigenvalue weighted by Crippen LogP contribution is -2.43. The minimum absolute atomic E-state index is 0.0274. The predicted octanol–water partition coefficient (Wildman–Crippen LogP) is 3.56. The van der Waals surface area contributed by atoms with E-state index in [0.717, 1.165) is 6.42 Å². The maximum atomic E-state index is 13.8. The Morgan fingerprint density at radius 3 is 2.66 bits per heavy atom. The van der Waals surface area contributed by atoms with Gasteiger partial charge in [0.05, 0.1) is 16.7 Å². The molecule has 1 saturated heterocycles. The predicted molar refractivity (Wildman–Crippen MR) is 109 cm³/mol. The smallest absolute Gasteiger partial charge is 0.262 e. The van der Waals surface area contributed by atoms with Crippen molar-refractivity contribution in [2.75, 3.05) is 11.3 Å². The molecule has 0 aliphatic carbocycles. The Hall–Kier alpha value is -2.45. The summed E-state index contributed by atoms with van der Waals surface area (Å²) in [5.41, 5.74) is 0.0817. The van der Waals surface area contributed by atoms with Crippen LogP contribution >= 0.6 is 0 Å². The Bertz CT molecular complexity index is 978. The fraction of sp³-hybridized carbons (Fsp3) is 0.381. The van der Waals surface area contributed by atoms with Gasteiger partial charge >= 0.3 is 0 Å². The molecule has 1 fully saturated rings. The van der Waals surface area contributed by atoms with E-state index in [1.807, 2.05) is 0 Å². The van der Waals surface area contributed by atoms with Crippen molar-refractivity contribution in [1.82, 2.24) is 5.32 Å². The van der Waals surface area contributed by atoms with E-state index < -0.39 is 15.8 Å². The van der Waals surface area contributed by atoms with Gasteiger partial charge in [-0.15, -0.1) is 0 Å². The minimum Gasteiger partial charge on any atom is -0.378 e. The monoisotopic (exact) mass is 420 g/mol.